The van der Waals surface area contributed by atoms with E-state index in [4.69, 9.17) is 10.3 Å². The zero-order valence-electron chi connectivity index (χ0n) is 5.40. The van der Waals surface area contributed by atoms with E-state index < -0.39 is 11.4 Å². The van der Waals surface area contributed by atoms with Gasteiger partial charge in [0, 0.05) is 11.8 Å². The molecule has 62 valence electrons. The third kappa shape index (κ3) is 6.50. The van der Waals surface area contributed by atoms with Crippen molar-refractivity contribution in [3.05, 3.63) is 0 Å². The second kappa shape index (κ2) is 6.11. The molecule has 0 saturated heterocycles. The summed E-state index contributed by atoms with van der Waals surface area (Å²) < 4.78 is 22.4. The number of hydrogen-bond donors (Lipinski definition) is 3. The molecule has 0 radical (unpaired) electrons. The molecule has 3 N–H and O–H groups in total. The summed E-state index contributed by atoms with van der Waals surface area (Å²) in [5, 5.41) is 0. The largest absolute Gasteiger partial charge is 0.327 e. The molecule has 10 heavy (non-hydrogen) atoms. The third-order valence-electron chi connectivity index (χ3n) is 0.907. The fraction of sp³-hybridized carbons (Fsp3) is 1.00. The van der Waals surface area contributed by atoms with Gasteiger partial charge in [0.15, 0.2) is 0 Å². The summed E-state index contributed by atoms with van der Waals surface area (Å²) in [4.78, 5) is 0. The van der Waals surface area contributed by atoms with Crippen molar-refractivity contribution >= 4 is 24.0 Å². The van der Waals surface area contributed by atoms with Crippen LogP contribution < -0.4 is 5.73 Å². The van der Waals surface area contributed by atoms with Crippen LogP contribution in [-0.4, -0.2) is 27.2 Å². The van der Waals surface area contributed by atoms with E-state index in [1.807, 2.05) is 0 Å². The highest BCUT2D eigenvalue weighted by Crippen LogP contribution is 1.92. The lowest BCUT2D eigenvalue weighted by Gasteiger charge is -2.05. The van der Waals surface area contributed by atoms with Gasteiger partial charge in [0.1, 0.15) is 0 Å². The van der Waals surface area contributed by atoms with E-state index in [0.717, 1.165) is 0 Å². The van der Waals surface area contributed by atoms with Gasteiger partial charge in [-0.25, -0.2) is 0 Å². The van der Waals surface area contributed by atoms with Crippen molar-refractivity contribution in [2.24, 2.45) is 5.73 Å². The smallest absolute Gasteiger partial charge is 0.301 e. The summed E-state index contributed by atoms with van der Waals surface area (Å²) in [5.74, 6) is 0.557. The van der Waals surface area contributed by atoms with Crippen molar-refractivity contribution in [2.75, 3.05) is 12.4 Å². The monoisotopic (exact) mass is 185 g/mol. The third-order valence-corrected chi connectivity index (χ3v) is 1.74. The molecule has 0 aromatic heterocycles. The van der Waals surface area contributed by atoms with Gasteiger partial charge in [0.05, 0.1) is 6.61 Å². The lowest BCUT2D eigenvalue weighted by molar-refractivity contribution is 0.294. The highest BCUT2D eigenvalue weighted by Gasteiger charge is 2.00. The van der Waals surface area contributed by atoms with Crippen molar-refractivity contribution in [2.45, 2.75) is 12.5 Å². The first kappa shape index (κ1) is 10.4. The van der Waals surface area contributed by atoms with Gasteiger partial charge in [0.2, 0.25) is 0 Å². The Morgan fingerprint density at radius 3 is 2.80 bits per heavy atom. The Bertz CT molecular complexity index is 111. The standard InChI is InChI=1S/C4H11NO3S2/c5-4(3-9)1-2-8-10(6)7/h4,9H,1-3,5H2,(H,6,7). The van der Waals surface area contributed by atoms with Gasteiger partial charge in [-0.15, -0.1) is 0 Å². The van der Waals surface area contributed by atoms with E-state index in [0.29, 0.717) is 12.2 Å². The van der Waals surface area contributed by atoms with Crippen molar-refractivity contribution in [1.29, 1.82) is 0 Å². The van der Waals surface area contributed by atoms with Gasteiger partial charge in [0.25, 0.3) is 0 Å². The molecule has 2 unspecified atom stereocenters. The molecule has 0 aliphatic carbocycles. The van der Waals surface area contributed by atoms with Crippen LogP contribution in [0.5, 0.6) is 0 Å². The maximum atomic E-state index is 9.90. The molecular formula is C4H11NO3S2. The minimum absolute atomic E-state index is 0.0631. The predicted molar refractivity (Wildman–Crippen MR) is 43.2 cm³/mol. The zero-order valence-corrected chi connectivity index (χ0v) is 7.11. The van der Waals surface area contributed by atoms with Gasteiger partial charge >= 0.3 is 11.4 Å². The van der Waals surface area contributed by atoms with Crippen LogP contribution in [-0.2, 0) is 15.5 Å². The van der Waals surface area contributed by atoms with Crippen LogP contribution >= 0.6 is 12.6 Å². The Morgan fingerprint density at radius 1 is 1.80 bits per heavy atom. The number of hydrogen-bond acceptors (Lipinski definition) is 4. The van der Waals surface area contributed by atoms with E-state index in [1.54, 1.807) is 0 Å². The van der Waals surface area contributed by atoms with Crippen LogP contribution in [0.4, 0.5) is 0 Å². The molecule has 0 bridgehead atoms. The Kier molecular flexibility index (Phi) is 6.35. The van der Waals surface area contributed by atoms with Crippen LogP contribution in [0.2, 0.25) is 0 Å². The first-order valence-corrected chi connectivity index (χ1v) is 4.43. The van der Waals surface area contributed by atoms with Crippen molar-refractivity contribution in [1.82, 2.24) is 0 Å². The number of rotatable bonds is 5. The lowest BCUT2D eigenvalue weighted by atomic mass is 10.3. The Morgan fingerprint density at radius 2 is 2.40 bits per heavy atom. The fourth-order valence-corrected chi connectivity index (χ4v) is 0.783. The highest BCUT2D eigenvalue weighted by atomic mass is 32.2. The number of nitrogens with two attached hydrogens (primary N) is 1. The quantitative estimate of drug-likeness (QED) is 0.409. The second-order valence-corrected chi connectivity index (χ2v) is 2.81. The molecule has 0 saturated carbocycles. The Balaban J connectivity index is 3.11. The van der Waals surface area contributed by atoms with Crippen LogP contribution in [0.15, 0.2) is 0 Å². The van der Waals surface area contributed by atoms with Gasteiger partial charge < -0.3 is 5.73 Å². The maximum absolute atomic E-state index is 9.90. The fourth-order valence-electron chi connectivity index (χ4n) is 0.362. The maximum Gasteiger partial charge on any atom is 0.301 e. The molecule has 2 atom stereocenters. The Hall–Kier alpha value is 0.380. The van der Waals surface area contributed by atoms with E-state index in [1.165, 1.54) is 0 Å². The summed E-state index contributed by atoms with van der Waals surface area (Å²) in [6.07, 6.45) is 0.551. The summed E-state index contributed by atoms with van der Waals surface area (Å²) in [6.45, 7) is 0.199. The molecule has 0 spiro atoms. The van der Waals surface area contributed by atoms with E-state index in [2.05, 4.69) is 16.8 Å². The molecular weight excluding hydrogens is 174 g/mol. The van der Waals surface area contributed by atoms with E-state index in [-0.39, 0.29) is 12.6 Å². The highest BCUT2D eigenvalue weighted by molar-refractivity contribution is 7.80. The topological polar surface area (TPSA) is 72.5 Å². The normalized spacial score (nSPS) is 16.7. The van der Waals surface area contributed by atoms with Crippen LogP contribution in [0, 0.1) is 0 Å². The molecule has 0 heterocycles. The Labute approximate surface area is 68.0 Å². The first-order chi connectivity index (χ1) is 4.66. The summed E-state index contributed by atoms with van der Waals surface area (Å²) in [6, 6.07) is -0.0631. The zero-order chi connectivity index (χ0) is 7.98. The molecule has 0 aromatic carbocycles. The molecule has 0 aliphatic heterocycles. The van der Waals surface area contributed by atoms with Crippen molar-refractivity contribution in [3.63, 3.8) is 0 Å². The number of thiol groups is 1. The van der Waals surface area contributed by atoms with Crippen LogP contribution in [0.25, 0.3) is 0 Å². The van der Waals surface area contributed by atoms with Gasteiger partial charge in [-0.05, 0) is 6.42 Å². The average Bonchev–Trinajstić information content (AvgIpc) is 1.87. The molecule has 0 amide bonds. The summed E-state index contributed by atoms with van der Waals surface area (Å²) >= 11 is 1.76. The van der Waals surface area contributed by atoms with Gasteiger partial charge in [-0.3, -0.25) is 8.74 Å². The first-order valence-electron chi connectivity index (χ1n) is 2.77. The minimum Gasteiger partial charge on any atom is -0.327 e. The lowest BCUT2D eigenvalue weighted by Crippen LogP contribution is -2.23. The molecule has 4 nitrogen and oxygen atoms in total. The average molecular weight is 185 g/mol. The van der Waals surface area contributed by atoms with E-state index >= 15 is 0 Å². The second-order valence-electron chi connectivity index (χ2n) is 1.77. The molecule has 0 aliphatic rings. The SMILES string of the molecule is NC(CS)CCOS(=O)O. The predicted octanol–water partition coefficient (Wildman–Crippen LogP) is -0.213. The molecule has 0 aromatic rings. The van der Waals surface area contributed by atoms with E-state index in [9.17, 15) is 4.21 Å². The van der Waals surface area contributed by atoms with Gasteiger partial charge in [-0.1, -0.05) is 0 Å². The van der Waals surface area contributed by atoms with Crippen molar-refractivity contribution in [3.8, 4) is 0 Å². The van der Waals surface area contributed by atoms with Crippen LogP contribution in [0.1, 0.15) is 6.42 Å². The summed E-state index contributed by atoms with van der Waals surface area (Å²) in [7, 11) is 0. The van der Waals surface area contributed by atoms with Crippen LogP contribution in [0.3, 0.4) is 0 Å². The molecule has 0 fully saturated rings. The minimum atomic E-state index is -2.16. The van der Waals surface area contributed by atoms with Gasteiger partial charge in [-0.2, -0.15) is 16.8 Å². The van der Waals surface area contributed by atoms with Crippen molar-refractivity contribution < 1.29 is 12.9 Å². The summed E-state index contributed by atoms with van der Waals surface area (Å²) in [5.41, 5.74) is 5.42. The molecule has 6 heteroatoms. The molecule has 0 rings (SSSR count).